The van der Waals surface area contributed by atoms with Crippen LogP contribution in [0.15, 0.2) is 46.0 Å². The lowest BCUT2D eigenvalue weighted by Gasteiger charge is -2.37. The van der Waals surface area contributed by atoms with Crippen LogP contribution >= 0.6 is 11.8 Å². The van der Waals surface area contributed by atoms with E-state index in [2.05, 4.69) is 15.3 Å². The molecule has 0 amide bonds. The van der Waals surface area contributed by atoms with Crippen molar-refractivity contribution < 1.29 is 9.53 Å². The van der Waals surface area contributed by atoms with Crippen LogP contribution in [0, 0.1) is 5.92 Å². The molecule has 2 N–H and O–H groups in total. The molecule has 0 saturated heterocycles. The molecule has 0 unspecified atom stereocenters. The molecule has 0 saturated carbocycles. The Hall–Kier alpha value is -2.54. The number of ketones is 1. The summed E-state index contributed by atoms with van der Waals surface area (Å²) in [6.07, 6.45) is 3.23. The zero-order chi connectivity index (χ0) is 19.0. The molecule has 1 aromatic carbocycles. The number of fused-ring (bicyclic) bond motifs is 2. The van der Waals surface area contributed by atoms with Crippen LogP contribution in [0.3, 0.4) is 0 Å². The summed E-state index contributed by atoms with van der Waals surface area (Å²) >= 11 is 1.48. The number of rotatable bonds is 4. The van der Waals surface area contributed by atoms with Gasteiger partial charge in [0.2, 0.25) is 0 Å². The van der Waals surface area contributed by atoms with Crippen molar-refractivity contribution in [1.29, 1.82) is 0 Å². The number of aromatic nitrogens is 2. The molecule has 4 rings (SSSR count). The number of para-hydroxylation sites is 1. The third-order valence-corrected chi connectivity index (χ3v) is 5.79. The summed E-state index contributed by atoms with van der Waals surface area (Å²) in [6.45, 7) is 2.01. The molecule has 0 spiro atoms. The maximum Gasteiger partial charge on any atom is 0.257 e. The topological polar surface area (TPSA) is 84.1 Å². The monoisotopic (exact) mass is 383 g/mol. The molecule has 140 valence electrons. The van der Waals surface area contributed by atoms with Crippen molar-refractivity contribution in [2.45, 2.75) is 30.8 Å². The van der Waals surface area contributed by atoms with Crippen LogP contribution in [-0.2, 0) is 4.79 Å². The Morgan fingerprint density at radius 1 is 1.26 bits per heavy atom. The first-order valence-corrected chi connectivity index (χ1v) is 10.0. The lowest BCUT2D eigenvalue weighted by atomic mass is 9.72. The number of anilines is 1. The van der Waals surface area contributed by atoms with Crippen LogP contribution in [0.25, 0.3) is 0 Å². The fourth-order valence-electron chi connectivity index (χ4n) is 3.93. The third-order valence-electron chi connectivity index (χ3n) is 5.03. The molecule has 0 radical (unpaired) electrons. The van der Waals surface area contributed by atoms with E-state index < -0.39 is 11.8 Å². The van der Waals surface area contributed by atoms with E-state index in [9.17, 15) is 9.59 Å². The van der Waals surface area contributed by atoms with E-state index in [0.29, 0.717) is 35.1 Å². The van der Waals surface area contributed by atoms with Gasteiger partial charge in [0.05, 0.1) is 18.6 Å². The molecule has 0 fully saturated rings. The minimum atomic E-state index is -0.423. The lowest BCUT2D eigenvalue weighted by Crippen LogP contribution is -2.39. The van der Waals surface area contributed by atoms with Gasteiger partial charge in [-0.15, -0.1) is 0 Å². The Balaban J connectivity index is 1.97. The Bertz CT molecular complexity index is 983. The van der Waals surface area contributed by atoms with E-state index in [1.807, 2.05) is 37.3 Å². The average Bonchev–Trinajstić information content (AvgIpc) is 2.67. The van der Waals surface area contributed by atoms with Crippen molar-refractivity contribution in [3.63, 3.8) is 0 Å². The Morgan fingerprint density at radius 3 is 2.85 bits per heavy atom. The number of thioether (sulfide) groups is 1. The normalized spacial score (nSPS) is 21.0. The van der Waals surface area contributed by atoms with Crippen molar-refractivity contribution in [1.82, 2.24) is 9.97 Å². The first-order valence-electron chi connectivity index (χ1n) is 9.03. The van der Waals surface area contributed by atoms with Gasteiger partial charge < -0.3 is 15.0 Å². The number of hydrogen-bond donors (Lipinski definition) is 2. The summed E-state index contributed by atoms with van der Waals surface area (Å²) in [5.41, 5.74) is 1.95. The highest BCUT2D eigenvalue weighted by Crippen LogP contribution is 2.47. The second-order valence-corrected chi connectivity index (χ2v) is 7.81. The number of allylic oxidation sites excluding steroid dienone is 2. The van der Waals surface area contributed by atoms with E-state index in [1.54, 1.807) is 7.11 Å². The molecule has 2 heterocycles. The molecule has 6 nitrogen and oxygen atoms in total. The summed E-state index contributed by atoms with van der Waals surface area (Å²) in [5.74, 6) is 1.29. The fraction of sp³-hybridized carbons (Fsp3) is 0.350. The highest BCUT2D eigenvalue weighted by atomic mass is 32.2. The summed E-state index contributed by atoms with van der Waals surface area (Å²) in [5, 5.41) is 3.84. The van der Waals surface area contributed by atoms with Crippen LogP contribution in [0.5, 0.6) is 5.75 Å². The van der Waals surface area contributed by atoms with Crippen molar-refractivity contribution >= 4 is 23.4 Å². The minimum Gasteiger partial charge on any atom is -0.496 e. The van der Waals surface area contributed by atoms with Crippen LogP contribution in [0.2, 0.25) is 0 Å². The molecule has 2 atom stereocenters. The van der Waals surface area contributed by atoms with Crippen molar-refractivity contribution in [2.24, 2.45) is 5.92 Å². The number of benzene rings is 1. The fourth-order valence-corrected chi connectivity index (χ4v) is 4.53. The number of carbonyl (C=O) groups excluding carboxylic acids is 1. The van der Waals surface area contributed by atoms with Gasteiger partial charge >= 0.3 is 0 Å². The van der Waals surface area contributed by atoms with Crippen molar-refractivity contribution in [3.05, 3.63) is 57.5 Å². The maximum absolute atomic E-state index is 13.0. The molecule has 1 aliphatic heterocycles. The van der Waals surface area contributed by atoms with Gasteiger partial charge in [0.25, 0.3) is 5.56 Å². The molecular formula is C20H21N3O3S. The van der Waals surface area contributed by atoms with Gasteiger partial charge in [-0.1, -0.05) is 43.0 Å². The van der Waals surface area contributed by atoms with E-state index in [0.717, 1.165) is 17.0 Å². The minimum absolute atomic E-state index is 0.132. The Kier molecular flexibility index (Phi) is 4.78. The van der Waals surface area contributed by atoms with Gasteiger partial charge in [0, 0.05) is 23.6 Å². The van der Waals surface area contributed by atoms with Crippen LogP contribution in [0.4, 0.5) is 5.82 Å². The maximum atomic E-state index is 13.0. The Morgan fingerprint density at radius 2 is 2.07 bits per heavy atom. The molecular weight excluding hydrogens is 362 g/mol. The summed E-state index contributed by atoms with van der Waals surface area (Å²) in [6, 6.07) is 7.56. The summed E-state index contributed by atoms with van der Waals surface area (Å²) in [7, 11) is 1.60. The number of aromatic amines is 1. The number of H-pyrrole nitrogens is 1. The van der Waals surface area contributed by atoms with Gasteiger partial charge in [-0.05, 0) is 18.2 Å². The Labute approximate surface area is 161 Å². The molecule has 2 aliphatic rings. The number of methoxy groups -OCH3 is 1. The number of ether oxygens (including phenoxy) is 1. The number of nitrogens with one attached hydrogen (secondary N) is 2. The molecule has 1 aliphatic carbocycles. The van der Waals surface area contributed by atoms with Crippen LogP contribution < -0.4 is 15.6 Å². The summed E-state index contributed by atoms with van der Waals surface area (Å²) < 4.78 is 5.54. The smallest absolute Gasteiger partial charge is 0.257 e. The second-order valence-electron chi connectivity index (χ2n) is 6.55. The zero-order valence-corrected chi connectivity index (χ0v) is 16.1. The highest BCUT2D eigenvalue weighted by Gasteiger charge is 2.43. The number of Topliss-reactive ketones (excluding diaryl/α,β-unsaturated/α-hetero) is 1. The van der Waals surface area contributed by atoms with Crippen LogP contribution in [-0.4, -0.2) is 28.6 Å². The molecule has 0 bridgehead atoms. The van der Waals surface area contributed by atoms with Gasteiger partial charge in [-0.25, -0.2) is 4.98 Å². The zero-order valence-electron chi connectivity index (χ0n) is 15.2. The molecule has 1 aromatic heterocycles. The third kappa shape index (κ3) is 3.06. The predicted octanol–water partition coefficient (Wildman–Crippen LogP) is 3.31. The summed E-state index contributed by atoms with van der Waals surface area (Å²) in [4.78, 5) is 33.3. The molecule has 27 heavy (non-hydrogen) atoms. The molecule has 7 heteroatoms. The SMILES string of the molecule is CCSc1nc2c(c(=O)[nH]1)[C@@H](c1ccccc1OC)[C@@H]1C(=O)CCC=C1N2. The first-order chi connectivity index (χ1) is 13.1. The predicted molar refractivity (Wildman–Crippen MR) is 106 cm³/mol. The number of carbonyl (C=O) groups is 1. The van der Waals surface area contributed by atoms with Crippen LogP contribution in [0.1, 0.15) is 36.8 Å². The number of hydrogen-bond acceptors (Lipinski definition) is 6. The van der Waals surface area contributed by atoms with Crippen molar-refractivity contribution in [2.75, 3.05) is 18.2 Å². The molecule has 2 aromatic rings. The highest BCUT2D eigenvalue weighted by molar-refractivity contribution is 7.99. The largest absolute Gasteiger partial charge is 0.496 e. The second kappa shape index (κ2) is 7.23. The van der Waals surface area contributed by atoms with Gasteiger partial charge in [0.1, 0.15) is 17.4 Å². The van der Waals surface area contributed by atoms with Crippen molar-refractivity contribution in [3.8, 4) is 5.75 Å². The van der Waals surface area contributed by atoms with E-state index in [-0.39, 0.29) is 11.3 Å². The van der Waals surface area contributed by atoms with E-state index in [4.69, 9.17) is 4.74 Å². The van der Waals surface area contributed by atoms with E-state index >= 15 is 0 Å². The standard InChI is InChI=1S/C20H21N3O3S/c1-3-27-20-22-18-17(19(25)23-20)15(11-7-4-5-10-14(11)26-2)16-12(21-18)8-6-9-13(16)24/h4-5,7-8,10,15-16H,3,6,9H2,1-2H3,(H2,21,22,23,25)/t15-,16-/m0/s1. The van der Waals surface area contributed by atoms with Gasteiger partial charge in [-0.2, -0.15) is 0 Å². The quantitative estimate of drug-likeness (QED) is 0.622. The average molecular weight is 383 g/mol. The van der Waals surface area contributed by atoms with Gasteiger partial charge in [0.15, 0.2) is 5.16 Å². The lowest BCUT2D eigenvalue weighted by molar-refractivity contribution is -0.122. The van der Waals surface area contributed by atoms with Gasteiger partial charge in [-0.3, -0.25) is 9.59 Å². The number of nitrogens with zero attached hydrogens (tertiary/aromatic N) is 1. The first kappa shape index (κ1) is 17.9. The van der Waals surface area contributed by atoms with E-state index in [1.165, 1.54) is 11.8 Å².